The van der Waals surface area contributed by atoms with Crippen molar-refractivity contribution in [2.45, 2.75) is 9.79 Å². The molecule has 0 aromatic heterocycles. The zero-order valence-electron chi connectivity index (χ0n) is 18.0. The summed E-state index contributed by atoms with van der Waals surface area (Å²) in [6, 6.07) is 17.5. The van der Waals surface area contributed by atoms with Crippen LogP contribution >= 0.6 is 11.8 Å². The second-order valence-corrected chi connectivity index (χ2v) is 8.45. The maximum Gasteiger partial charge on any atom is 0.269 e. The molecule has 0 bridgehead atoms. The van der Waals surface area contributed by atoms with E-state index in [9.17, 15) is 24.5 Å². The number of carbonyl (C=O) groups excluding carboxylic acids is 3. The van der Waals surface area contributed by atoms with Gasteiger partial charge in [-0.1, -0.05) is 11.8 Å². The van der Waals surface area contributed by atoms with Crippen LogP contribution in [0.5, 0.6) is 0 Å². The van der Waals surface area contributed by atoms with Gasteiger partial charge in [0.2, 0.25) is 0 Å². The smallest absolute Gasteiger partial charge is 0.269 e. The van der Waals surface area contributed by atoms with E-state index in [4.69, 9.17) is 4.74 Å². The van der Waals surface area contributed by atoms with Crippen molar-refractivity contribution in [3.63, 3.8) is 0 Å². The number of hydrogen-bond acceptors (Lipinski definition) is 7. The summed E-state index contributed by atoms with van der Waals surface area (Å²) in [5.74, 6) is -1.31. The molecule has 0 saturated carbocycles. The Kier molecular flexibility index (Phi) is 6.71. The quantitative estimate of drug-likeness (QED) is 0.226. The van der Waals surface area contributed by atoms with Gasteiger partial charge in [-0.3, -0.25) is 24.5 Å². The minimum absolute atomic E-state index is 0.0148. The highest BCUT2D eigenvalue weighted by Gasteiger charge is 2.37. The molecule has 3 amide bonds. The molecular weight excluding hydrogens is 458 g/mol. The lowest BCUT2D eigenvalue weighted by molar-refractivity contribution is -0.384. The average Bonchev–Trinajstić information content (AvgIpc) is 3.09. The number of nitrogens with zero attached hydrogens (tertiary/aromatic N) is 2. The van der Waals surface area contributed by atoms with E-state index < -0.39 is 16.7 Å². The maximum atomic E-state index is 13.0. The van der Waals surface area contributed by atoms with Crippen molar-refractivity contribution >= 4 is 40.9 Å². The molecule has 10 heteroatoms. The number of carbonyl (C=O) groups is 3. The van der Waals surface area contributed by atoms with Crippen LogP contribution in [0.25, 0.3) is 0 Å². The fourth-order valence-electron chi connectivity index (χ4n) is 3.42. The number of non-ortho nitro benzene ring substituents is 1. The largest absolute Gasteiger partial charge is 0.383 e. The van der Waals surface area contributed by atoms with Crippen molar-refractivity contribution < 1.29 is 24.0 Å². The summed E-state index contributed by atoms with van der Waals surface area (Å²) in [5.41, 5.74) is 1.12. The lowest BCUT2D eigenvalue weighted by Crippen LogP contribution is -2.29. The van der Waals surface area contributed by atoms with Gasteiger partial charge in [0.1, 0.15) is 0 Å². The van der Waals surface area contributed by atoms with Crippen LogP contribution < -0.4 is 10.2 Å². The number of benzene rings is 3. The highest BCUT2D eigenvalue weighted by molar-refractivity contribution is 7.99. The normalized spacial score (nSPS) is 12.6. The van der Waals surface area contributed by atoms with E-state index in [1.807, 2.05) is 0 Å². The van der Waals surface area contributed by atoms with Gasteiger partial charge in [-0.2, -0.15) is 0 Å². The summed E-state index contributed by atoms with van der Waals surface area (Å²) < 4.78 is 4.90. The Morgan fingerprint density at radius 3 is 2.21 bits per heavy atom. The zero-order chi connectivity index (χ0) is 24.2. The van der Waals surface area contributed by atoms with Crippen LogP contribution in [0, 0.1) is 10.1 Å². The van der Waals surface area contributed by atoms with E-state index in [0.29, 0.717) is 18.8 Å². The minimum Gasteiger partial charge on any atom is -0.383 e. The van der Waals surface area contributed by atoms with Gasteiger partial charge in [0.05, 0.1) is 28.3 Å². The second kappa shape index (κ2) is 9.86. The minimum atomic E-state index is -0.498. The van der Waals surface area contributed by atoms with E-state index in [1.54, 1.807) is 36.4 Å². The number of amides is 3. The molecule has 0 saturated heterocycles. The summed E-state index contributed by atoms with van der Waals surface area (Å²) in [7, 11) is 1.53. The van der Waals surface area contributed by atoms with Gasteiger partial charge in [0, 0.05) is 41.1 Å². The van der Waals surface area contributed by atoms with Gasteiger partial charge >= 0.3 is 0 Å². The molecule has 4 rings (SSSR count). The molecule has 1 aliphatic rings. The third-order valence-electron chi connectivity index (χ3n) is 5.12. The highest BCUT2D eigenvalue weighted by Crippen LogP contribution is 2.33. The van der Waals surface area contributed by atoms with Gasteiger partial charge in [-0.25, -0.2) is 4.90 Å². The van der Waals surface area contributed by atoms with Crippen molar-refractivity contribution in [2.75, 3.05) is 25.2 Å². The van der Waals surface area contributed by atoms with Crippen molar-refractivity contribution in [1.29, 1.82) is 0 Å². The second-order valence-electron chi connectivity index (χ2n) is 7.30. The molecule has 172 valence electrons. The maximum absolute atomic E-state index is 13.0. The number of nitrogens with one attached hydrogen (secondary N) is 1. The predicted octanol–water partition coefficient (Wildman–Crippen LogP) is 3.92. The van der Waals surface area contributed by atoms with Crippen LogP contribution in [-0.4, -0.2) is 42.9 Å². The number of methoxy groups -OCH3 is 1. The third-order valence-corrected chi connectivity index (χ3v) is 6.13. The summed E-state index contributed by atoms with van der Waals surface area (Å²) in [6.45, 7) is 0.690. The van der Waals surface area contributed by atoms with Crippen molar-refractivity contribution in [2.24, 2.45) is 0 Å². The van der Waals surface area contributed by atoms with E-state index in [-0.39, 0.29) is 28.3 Å². The molecule has 0 spiro atoms. The van der Waals surface area contributed by atoms with E-state index in [2.05, 4.69) is 5.32 Å². The molecule has 1 heterocycles. The SMILES string of the molecule is COCCNC(=O)c1ccc2c(c1)C(=O)N(c1ccc(Sc3ccc([N+](=O)[O-])cc3)cc1)C2=O. The summed E-state index contributed by atoms with van der Waals surface area (Å²) in [4.78, 5) is 51.2. The zero-order valence-corrected chi connectivity index (χ0v) is 18.8. The van der Waals surface area contributed by atoms with Crippen molar-refractivity contribution in [1.82, 2.24) is 5.32 Å². The van der Waals surface area contributed by atoms with Crippen LogP contribution in [0.2, 0.25) is 0 Å². The van der Waals surface area contributed by atoms with E-state index in [1.165, 1.54) is 49.2 Å². The third kappa shape index (κ3) is 4.68. The summed E-state index contributed by atoms with van der Waals surface area (Å²) in [6.07, 6.45) is 0. The van der Waals surface area contributed by atoms with Gasteiger partial charge in [0.25, 0.3) is 23.4 Å². The Bertz CT molecular complexity index is 1270. The molecule has 9 nitrogen and oxygen atoms in total. The number of imide groups is 1. The monoisotopic (exact) mass is 477 g/mol. The standard InChI is InChI=1S/C24H19N3O6S/c1-33-13-12-25-22(28)15-2-11-20-21(14-15)24(30)26(23(20)29)16-3-7-18(8-4-16)34-19-9-5-17(6-10-19)27(31)32/h2-11,14H,12-13H2,1H3,(H,25,28). The molecule has 0 aliphatic carbocycles. The molecule has 1 aliphatic heterocycles. The molecule has 0 unspecified atom stereocenters. The lowest BCUT2D eigenvalue weighted by Gasteiger charge is -2.14. The Morgan fingerprint density at radius 2 is 1.59 bits per heavy atom. The Labute approximate surface area is 198 Å². The first kappa shape index (κ1) is 23.1. The first-order valence-electron chi connectivity index (χ1n) is 10.2. The molecule has 0 fully saturated rings. The van der Waals surface area contributed by atoms with E-state index >= 15 is 0 Å². The molecular formula is C24H19N3O6S. The number of nitro groups is 1. The molecule has 0 radical (unpaired) electrons. The van der Waals surface area contributed by atoms with E-state index in [0.717, 1.165) is 14.7 Å². The predicted molar refractivity (Wildman–Crippen MR) is 125 cm³/mol. The van der Waals surface area contributed by atoms with Crippen LogP contribution in [0.1, 0.15) is 31.1 Å². The van der Waals surface area contributed by atoms with Crippen molar-refractivity contribution in [3.8, 4) is 0 Å². The van der Waals surface area contributed by atoms with Crippen LogP contribution in [-0.2, 0) is 4.74 Å². The van der Waals surface area contributed by atoms with Crippen molar-refractivity contribution in [3.05, 3.63) is 93.5 Å². The number of fused-ring (bicyclic) bond motifs is 1. The summed E-state index contributed by atoms with van der Waals surface area (Å²) in [5, 5.41) is 13.5. The number of anilines is 1. The number of rotatable bonds is 8. The van der Waals surface area contributed by atoms with Gasteiger partial charge in [0.15, 0.2) is 0 Å². The van der Waals surface area contributed by atoms with Gasteiger partial charge in [-0.15, -0.1) is 0 Å². The molecule has 3 aromatic carbocycles. The molecule has 3 aromatic rings. The first-order valence-corrected chi connectivity index (χ1v) is 11.0. The van der Waals surface area contributed by atoms with Crippen LogP contribution in [0.15, 0.2) is 76.5 Å². The number of ether oxygens (including phenoxy) is 1. The Morgan fingerprint density at radius 1 is 0.971 bits per heavy atom. The molecule has 34 heavy (non-hydrogen) atoms. The first-order chi connectivity index (χ1) is 16.4. The number of hydrogen-bond donors (Lipinski definition) is 1. The average molecular weight is 477 g/mol. The highest BCUT2D eigenvalue weighted by atomic mass is 32.2. The summed E-state index contributed by atoms with van der Waals surface area (Å²) >= 11 is 1.40. The number of nitro benzene ring substituents is 1. The van der Waals surface area contributed by atoms with Gasteiger partial charge < -0.3 is 10.1 Å². The van der Waals surface area contributed by atoms with Gasteiger partial charge in [-0.05, 0) is 54.6 Å². The topological polar surface area (TPSA) is 119 Å². The Balaban J connectivity index is 1.49. The molecule has 1 N–H and O–H groups in total. The fraction of sp³-hybridized carbons (Fsp3) is 0.125. The Hall–Kier alpha value is -4.02. The van der Waals surface area contributed by atoms with Crippen LogP contribution in [0.3, 0.4) is 0 Å². The lowest BCUT2D eigenvalue weighted by atomic mass is 10.1. The van der Waals surface area contributed by atoms with Crippen LogP contribution in [0.4, 0.5) is 11.4 Å². The fourth-order valence-corrected chi connectivity index (χ4v) is 4.24. The molecule has 0 atom stereocenters.